The van der Waals surface area contributed by atoms with Crippen LogP contribution in [-0.4, -0.2) is 26.8 Å². The van der Waals surface area contributed by atoms with Gasteiger partial charge in [0, 0.05) is 6.54 Å². The number of H-pyrrole nitrogens is 1. The zero-order valence-electron chi connectivity index (χ0n) is 12.0. The van der Waals surface area contributed by atoms with Crippen molar-refractivity contribution >= 4 is 29.0 Å². The van der Waals surface area contributed by atoms with Crippen molar-refractivity contribution in [3.63, 3.8) is 0 Å². The number of halogens is 1. The molecule has 0 aliphatic heterocycles. The first-order chi connectivity index (χ1) is 11.2. The Morgan fingerprint density at radius 1 is 1.30 bits per heavy atom. The second-order valence-corrected chi connectivity index (χ2v) is 6.53. The SMILES string of the molecule is O=C(CSc1n[nH]c(-c2cccs2)n1)NCc1ccc(F)cc1. The van der Waals surface area contributed by atoms with E-state index in [0.29, 0.717) is 17.5 Å². The fourth-order valence-corrected chi connectivity index (χ4v) is 3.11. The molecule has 0 aliphatic rings. The van der Waals surface area contributed by atoms with Crippen LogP contribution >= 0.6 is 23.1 Å². The maximum atomic E-state index is 12.8. The maximum absolute atomic E-state index is 12.8. The van der Waals surface area contributed by atoms with E-state index in [-0.39, 0.29) is 17.5 Å². The minimum Gasteiger partial charge on any atom is -0.351 e. The molecule has 0 saturated heterocycles. The monoisotopic (exact) mass is 348 g/mol. The van der Waals surface area contributed by atoms with Crippen molar-refractivity contribution in [2.24, 2.45) is 0 Å². The Kier molecular flexibility index (Phi) is 5.04. The third-order valence-corrected chi connectivity index (χ3v) is 4.68. The third-order valence-electron chi connectivity index (χ3n) is 2.95. The largest absolute Gasteiger partial charge is 0.351 e. The third kappa shape index (κ3) is 4.40. The van der Waals surface area contributed by atoms with Gasteiger partial charge in [-0.2, -0.15) is 0 Å². The highest BCUT2D eigenvalue weighted by molar-refractivity contribution is 7.99. The Balaban J connectivity index is 1.46. The van der Waals surface area contributed by atoms with Gasteiger partial charge < -0.3 is 5.32 Å². The fraction of sp³-hybridized carbons (Fsp3) is 0.133. The zero-order chi connectivity index (χ0) is 16.1. The number of carbonyl (C=O) groups is 1. The molecule has 118 valence electrons. The molecule has 0 bridgehead atoms. The summed E-state index contributed by atoms with van der Waals surface area (Å²) in [5.41, 5.74) is 0.850. The number of nitrogens with zero attached hydrogens (tertiary/aromatic N) is 2. The van der Waals surface area contributed by atoms with E-state index in [2.05, 4.69) is 20.5 Å². The molecule has 8 heteroatoms. The van der Waals surface area contributed by atoms with E-state index < -0.39 is 0 Å². The quantitative estimate of drug-likeness (QED) is 0.672. The predicted octanol–water partition coefficient (Wildman–Crippen LogP) is 3.08. The summed E-state index contributed by atoms with van der Waals surface area (Å²) in [6.07, 6.45) is 0. The van der Waals surface area contributed by atoms with Gasteiger partial charge in [-0.1, -0.05) is 30.0 Å². The molecule has 2 heterocycles. The molecular formula is C15H13FN4OS2. The number of thiophene rings is 1. The average molecular weight is 348 g/mol. The molecule has 0 saturated carbocycles. The van der Waals surface area contributed by atoms with Gasteiger partial charge in [-0.3, -0.25) is 9.89 Å². The van der Waals surface area contributed by atoms with Gasteiger partial charge >= 0.3 is 0 Å². The van der Waals surface area contributed by atoms with E-state index in [1.54, 1.807) is 23.5 Å². The van der Waals surface area contributed by atoms with Crippen LogP contribution in [0.1, 0.15) is 5.56 Å². The summed E-state index contributed by atoms with van der Waals surface area (Å²) in [4.78, 5) is 17.2. The van der Waals surface area contributed by atoms with Gasteiger partial charge in [-0.15, -0.1) is 16.4 Å². The Bertz CT molecular complexity index is 771. The summed E-state index contributed by atoms with van der Waals surface area (Å²) in [6, 6.07) is 9.93. The molecule has 1 aromatic carbocycles. The lowest BCUT2D eigenvalue weighted by molar-refractivity contribution is -0.118. The number of aromatic nitrogens is 3. The van der Waals surface area contributed by atoms with Gasteiger partial charge in [0.1, 0.15) is 5.82 Å². The Morgan fingerprint density at radius 3 is 2.87 bits per heavy atom. The highest BCUT2D eigenvalue weighted by atomic mass is 32.2. The lowest BCUT2D eigenvalue weighted by Gasteiger charge is -2.04. The number of nitrogens with one attached hydrogen (secondary N) is 2. The van der Waals surface area contributed by atoms with Gasteiger partial charge in [0.05, 0.1) is 10.6 Å². The number of rotatable bonds is 6. The Labute approximate surface area is 140 Å². The number of hydrogen-bond acceptors (Lipinski definition) is 5. The normalized spacial score (nSPS) is 10.7. The van der Waals surface area contributed by atoms with Crippen molar-refractivity contribution in [1.29, 1.82) is 0 Å². The van der Waals surface area contributed by atoms with E-state index in [0.717, 1.165) is 10.4 Å². The maximum Gasteiger partial charge on any atom is 0.230 e. The van der Waals surface area contributed by atoms with E-state index in [9.17, 15) is 9.18 Å². The highest BCUT2D eigenvalue weighted by Crippen LogP contribution is 2.22. The van der Waals surface area contributed by atoms with Crippen LogP contribution in [0.15, 0.2) is 46.9 Å². The Hall–Kier alpha value is -2.19. The van der Waals surface area contributed by atoms with Gasteiger partial charge in [-0.05, 0) is 29.1 Å². The van der Waals surface area contributed by atoms with Crippen molar-refractivity contribution in [1.82, 2.24) is 20.5 Å². The van der Waals surface area contributed by atoms with Crippen LogP contribution in [-0.2, 0) is 11.3 Å². The highest BCUT2D eigenvalue weighted by Gasteiger charge is 2.09. The van der Waals surface area contributed by atoms with Crippen LogP contribution in [0, 0.1) is 5.82 Å². The summed E-state index contributed by atoms with van der Waals surface area (Å²) in [7, 11) is 0. The topological polar surface area (TPSA) is 70.7 Å². The zero-order valence-corrected chi connectivity index (χ0v) is 13.6. The molecular weight excluding hydrogens is 335 g/mol. The van der Waals surface area contributed by atoms with E-state index >= 15 is 0 Å². The van der Waals surface area contributed by atoms with E-state index in [1.165, 1.54) is 23.9 Å². The molecule has 0 atom stereocenters. The molecule has 1 amide bonds. The first kappa shape index (κ1) is 15.7. The molecule has 0 spiro atoms. The first-order valence-electron chi connectivity index (χ1n) is 6.81. The minimum absolute atomic E-state index is 0.123. The van der Waals surface area contributed by atoms with Crippen LogP contribution in [0.25, 0.3) is 10.7 Å². The number of benzene rings is 1. The summed E-state index contributed by atoms with van der Waals surface area (Å²) < 4.78 is 12.8. The van der Waals surface area contributed by atoms with Crippen LogP contribution in [0.4, 0.5) is 4.39 Å². The van der Waals surface area contributed by atoms with E-state index in [4.69, 9.17) is 0 Å². The van der Waals surface area contributed by atoms with Crippen molar-refractivity contribution in [2.75, 3.05) is 5.75 Å². The van der Waals surface area contributed by atoms with E-state index in [1.807, 2.05) is 17.5 Å². The van der Waals surface area contributed by atoms with Gasteiger partial charge in [0.25, 0.3) is 0 Å². The molecule has 0 radical (unpaired) electrons. The number of thioether (sulfide) groups is 1. The fourth-order valence-electron chi connectivity index (χ4n) is 1.82. The van der Waals surface area contributed by atoms with Crippen molar-refractivity contribution < 1.29 is 9.18 Å². The molecule has 2 N–H and O–H groups in total. The van der Waals surface area contributed by atoms with Crippen LogP contribution in [0.2, 0.25) is 0 Å². The summed E-state index contributed by atoms with van der Waals surface area (Å²) in [6.45, 7) is 0.369. The second kappa shape index (κ2) is 7.38. The lowest BCUT2D eigenvalue weighted by Crippen LogP contribution is -2.24. The Morgan fingerprint density at radius 2 is 2.13 bits per heavy atom. The van der Waals surface area contributed by atoms with Gasteiger partial charge in [-0.25, -0.2) is 9.37 Å². The summed E-state index contributed by atoms with van der Waals surface area (Å²) in [5, 5.41) is 12.2. The van der Waals surface area contributed by atoms with Crippen LogP contribution in [0.5, 0.6) is 0 Å². The first-order valence-corrected chi connectivity index (χ1v) is 8.67. The average Bonchev–Trinajstić information content (AvgIpc) is 3.23. The van der Waals surface area contributed by atoms with Crippen LogP contribution < -0.4 is 5.32 Å². The van der Waals surface area contributed by atoms with Gasteiger partial charge in [0.2, 0.25) is 11.1 Å². The van der Waals surface area contributed by atoms with Crippen molar-refractivity contribution in [2.45, 2.75) is 11.7 Å². The van der Waals surface area contributed by atoms with Gasteiger partial charge in [0.15, 0.2) is 5.82 Å². The molecule has 5 nitrogen and oxygen atoms in total. The molecule has 23 heavy (non-hydrogen) atoms. The summed E-state index contributed by atoms with van der Waals surface area (Å²) in [5.74, 6) is 0.515. The molecule has 3 rings (SSSR count). The summed E-state index contributed by atoms with van der Waals surface area (Å²) >= 11 is 2.83. The molecule has 3 aromatic rings. The molecule has 0 fully saturated rings. The molecule has 2 aromatic heterocycles. The second-order valence-electron chi connectivity index (χ2n) is 4.64. The number of hydrogen-bond donors (Lipinski definition) is 2. The van der Waals surface area contributed by atoms with Crippen LogP contribution in [0.3, 0.4) is 0 Å². The lowest BCUT2D eigenvalue weighted by atomic mass is 10.2. The minimum atomic E-state index is -0.290. The number of amides is 1. The number of carbonyl (C=O) groups excluding carboxylic acids is 1. The standard InChI is InChI=1S/C15H13FN4OS2/c16-11-5-3-10(4-6-11)8-17-13(21)9-23-15-18-14(19-20-15)12-2-1-7-22-12/h1-7H,8-9H2,(H,17,21)(H,18,19,20). The number of aromatic amines is 1. The van der Waals surface area contributed by atoms with Crippen molar-refractivity contribution in [3.05, 3.63) is 53.2 Å². The predicted molar refractivity (Wildman–Crippen MR) is 88.7 cm³/mol. The molecule has 0 aliphatic carbocycles. The van der Waals surface area contributed by atoms with Crippen molar-refractivity contribution in [3.8, 4) is 10.7 Å². The smallest absolute Gasteiger partial charge is 0.230 e. The molecule has 0 unspecified atom stereocenters.